The van der Waals surface area contributed by atoms with Gasteiger partial charge >= 0.3 is 0 Å². The SMILES string of the molecule is O=C(CC(=O)c1ccccc1)Nc1ccc2ccccc2c1. The molecule has 0 bridgehead atoms. The Bertz CT molecular complexity index is 825. The van der Waals surface area contributed by atoms with Crippen molar-refractivity contribution in [2.75, 3.05) is 5.32 Å². The normalized spacial score (nSPS) is 10.4. The number of fused-ring (bicyclic) bond motifs is 1. The van der Waals surface area contributed by atoms with Crippen LogP contribution in [0.3, 0.4) is 0 Å². The number of hydrogen-bond acceptors (Lipinski definition) is 2. The van der Waals surface area contributed by atoms with E-state index in [0.717, 1.165) is 10.8 Å². The lowest BCUT2D eigenvalue weighted by atomic mass is 10.1. The number of rotatable bonds is 4. The molecule has 0 saturated heterocycles. The van der Waals surface area contributed by atoms with Crippen LogP contribution >= 0.6 is 0 Å². The van der Waals surface area contributed by atoms with E-state index in [1.807, 2.05) is 48.5 Å². The molecule has 1 N–H and O–H groups in total. The summed E-state index contributed by atoms with van der Waals surface area (Å²) < 4.78 is 0. The Balaban J connectivity index is 1.69. The number of hydrogen-bond donors (Lipinski definition) is 1. The van der Waals surface area contributed by atoms with E-state index in [4.69, 9.17) is 0 Å². The van der Waals surface area contributed by atoms with Gasteiger partial charge in [0.15, 0.2) is 5.78 Å². The summed E-state index contributed by atoms with van der Waals surface area (Å²) in [6, 6.07) is 22.5. The van der Waals surface area contributed by atoms with Crippen molar-refractivity contribution < 1.29 is 9.59 Å². The zero-order valence-electron chi connectivity index (χ0n) is 12.0. The summed E-state index contributed by atoms with van der Waals surface area (Å²) in [5, 5.41) is 4.94. The van der Waals surface area contributed by atoms with E-state index < -0.39 is 0 Å². The zero-order valence-corrected chi connectivity index (χ0v) is 12.0. The smallest absolute Gasteiger partial charge is 0.232 e. The Morgan fingerprint density at radius 1 is 0.773 bits per heavy atom. The molecule has 3 nitrogen and oxygen atoms in total. The van der Waals surface area contributed by atoms with E-state index in [0.29, 0.717) is 11.3 Å². The first-order valence-corrected chi connectivity index (χ1v) is 7.09. The third kappa shape index (κ3) is 3.20. The van der Waals surface area contributed by atoms with Gasteiger partial charge in [-0.25, -0.2) is 0 Å². The summed E-state index contributed by atoms with van der Waals surface area (Å²) in [5.41, 5.74) is 1.25. The maximum absolute atomic E-state index is 12.0. The second-order valence-corrected chi connectivity index (χ2v) is 5.08. The Kier molecular flexibility index (Phi) is 3.97. The van der Waals surface area contributed by atoms with Gasteiger partial charge in [-0.1, -0.05) is 60.7 Å². The van der Waals surface area contributed by atoms with Crippen molar-refractivity contribution in [3.8, 4) is 0 Å². The van der Waals surface area contributed by atoms with Crippen LogP contribution in [0.4, 0.5) is 5.69 Å². The fourth-order valence-electron chi connectivity index (χ4n) is 2.34. The van der Waals surface area contributed by atoms with Gasteiger partial charge in [-0.05, 0) is 22.9 Å². The monoisotopic (exact) mass is 289 g/mol. The second kappa shape index (κ2) is 6.22. The van der Waals surface area contributed by atoms with Crippen LogP contribution in [-0.2, 0) is 4.79 Å². The van der Waals surface area contributed by atoms with Crippen molar-refractivity contribution in [2.24, 2.45) is 0 Å². The summed E-state index contributed by atoms with van der Waals surface area (Å²) in [7, 11) is 0. The van der Waals surface area contributed by atoms with Gasteiger partial charge in [0, 0.05) is 11.3 Å². The summed E-state index contributed by atoms with van der Waals surface area (Å²) in [5.74, 6) is -0.483. The predicted molar refractivity (Wildman–Crippen MR) is 88.0 cm³/mol. The maximum atomic E-state index is 12.0. The minimum Gasteiger partial charge on any atom is -0.326 e. The molecular weight excluding hydrogens is 274 g/mol. The summed E-state index contributed by atoms with van der Waals surface area (Å²) in [6.45, 7) is 0. The number of benzene rings is 3. The van der Waals surface area contributed by atoms with E-state index >= 15 is 0 Å². The van der Waals surface area contributed by atoms with Gasteiger partial charge < -0.3 is 5.32 Å². The van der Waals surface area contributed by atoms with Crippen LogP contribution in [-0.4, -0.2) is 11.7 Å². The highest BCUT2D eigenvalue weighted by Gasteiger charge is 2.11. The Labute approximate surface area is 128 Å². The topological polar surface area (TPSA) is 46.2 Å². The van der Waals surface area contributed by atoms with Gasteiger partial charge in [-0.3, -0.25) is 9.59 Å². The fraction of sp³-hybridized carbons (Fsp3) is 0.0526. The van der Waals surface area contributed by atoms with Gasteiger partial charge in [0.05, 0.1) is 6.42 Å². The van der Waals surface area contributed by atoms with Crippen LogP contribution in [0, 0.1) is 0 Å². The van der Waals surface area contributed by atoms with Crippen molar-refractivity contribution in [2.45, 2.75) is 6.42 Å². The van der Waals surface area contributed by atoms with Crippen molar-refractivity contribution >= 4 is 28.2 Å². The number of anilines is 1. The van der Waals surface area contributed by atoms with Crippen LogP contribution in [0.25, 0.3) is 10.8 Å². The van der Waals surface area contributed by atoms with E-state index in [1.54, 1.807) is 24.3 Å². The molecule has 3 aromatic rings. The quantitative estimate of drug-likeness (QED) is 0.581. The highest BCUT2D eigenvalue weighted by molar-refractivity contribution is 6.11. The van der Waals surface area contributed by atoms with Crippen LogP contribution in [0.2, 0.25) is 0 Å². The van der Waals surface area contributed by atoms with Crippen molar-refractivity contribution in [1.29, 1.82) is 0 Å². The van der Waals surface area contributed by atoms with Crippen LogP contribution in [0.1, 0.15) is 16.8 Å². The highest BCUT2D eigenvalue weighted by atomic mass is 16.2. The second-order valence-electron chi connectivity index (χ2n) is 5.08. The molecule has 0 unspecified atom stereocenters. The van der Waals surface area contributed by atoms with E-state index in [9.17, 15) is 9.59 Å². The molecule has 0 fully saturated rings. The molecule has 3 aromatic carbocycles. The molecule has 3 heteroatoms. The molecule has 0 spiro atoms. The number of amides is 1. The minimum absolute atomic E-state index is 0.156. The van der Waals surface area contributed by atoms with Crippen molar-refractivity contribution in [3.63, 3.8) is 0 Å². The van der Waals surface area contributed by atoms with Gasteiger partial charge in [0.25, 0.3) is 0 Å². The first-order valence-electron chi connectivity index (χ1n) is 7.09. The molecule has 3 rings (SSSR count). The first-order chi connectivity index (χ1) is 10.7. The van der Waals surface area contributed by atoms with Gasteiger partial charge in [-0.2, -0.15) is 0 Å². The molecule has 108 valence electrons. The first kappa shape index (κ1) is 14.0. The molecule has 0 radical (unpaired) electrons. The average Bonchev–Trinajstić information content (AvgIpc) is 2.55. The van der Waals surface area contributed by atoms with Crippen LogP contribution in [0.15, 0.2) is 72.8 Å². The number of nitrogens with one attached hydrogen (secondary N) is 1. The number of carbonyl (C=O) groups is 2. The molecular formula is C19H15NO2. The summed E-state index contributed by atoms with van der Waals surface area (Å²) >= 11 is 0. The number of ketones is 1. The molecule has 0 aromatic heterocycles. The zero-order chi connectivity index (χ0) is 15.4. The maximum Gasteiger partial charge on any atom is 0.232 e. The van der Waals surface area contributed by atoms with Gasteiger partial charge in [0.2, 0.25) is 5.91 Å². The molecule has 0 atom stereocenters. The molecule has 22 heavy (non-hydrogen) atoms. The lowest BCUT2D eigenvalue weighted by Gasteiger charge is -2.06. The molecule has 0 aliphatic rings. The Morgan fingerprint density at radius 2 is 1.45 bits per heavy atom. The number of Topliss-reactive ketones (excluding diaryl/α,β-unsaturated/α-hetero) is 1. The molecule has 0 heterocycles. The summed E-state index contributed by atoms with van der Waals surface area (Å²) in [4.78, 5) is 24.0. The third-order valence-corrected chi connectivity index (χ3v) is 3.45. The third-order valence-electron chi connectivity index (χ3n) is 3.45. The fourth-order valence-corrected chi connectivity index (χ4v) is 2.34. The Hall–Kier alpha value is -2.94. The summed E-state index contributed by atoms with van der Waals surface area (Å²) in [6.07, 6.45) is -0.156. The molecule has 1 amide bonds. The lowest BCUT2D eigenvalue weighted by molar-refractivity contribution is -0.115. The molecule has 0 aliphatic heterocycles. The van der Waals surface area contributed by atoms with Gasteiger partial charge in [0.1, 0.15) is 0 Å². The van der Waals surface area contributed by atoms with Gasteiger partial charge in [-0.15, -0.1) is 0 Å². The minimum atomic E-state index is -0.302. The van der Waals surface area contributed by atoms with Crippen molar-refractivity contribution in [1.82, 2.24) is 0 Å². The number of carbonyl (C=O) groups excluding carboxylic acids is 2. The van der Waals surface area contributed by atoms with E-state index in [-0.39, 0.29) is 18.1 Å². The van der Waals surface area contributed by atoms with Crippen LogP contribution in [0.5, 0.6) is 0 Å². The lowest BCUT2D eigenvalue weighted by Crippen LogP contribution is -2.16. The van der Waals surface area contributed by atoms with E-state index in [1.165, 1.54) is 0 Å². The standard InChI is InChI=1S/C19H15NO2/c21-18(15-7-2-1-3-8-15)13-19(22)20-17-11-10-14-6-4-5-9-16(14)12-17/h1-12H,13H2,(H,20,22). The predicted octanol–water partition coefficient (Wildman–Crippen LogP) is 4.05. The van der Waals surface area contributed by atoms with E-state index in [2.05, 4.69) is 5.32 Å². The Morgan fingerprint density at radius 3 is 2.23 bits per heavy atom. The average molecular weight is 289 g/mol. The molecule has 0 saturated carbocycles. The van der Waals surface area contributed by atoms with Crippen LogP contribution < -0.4 is 5.32 Å². The van der Waals surface area contributed by atoms with Crippen molar-refractivity contribution in [3.05, 3.63) is 78.4 Å². The largest absolute Gasteiger partial charge is 0.326 e. The highest BCUT2D eigenvalue weighted by Crippen LogP contribution is 2.19. The molecule has 0 aliphatic carbocycles.